The molecule has 2 aromatic carbocycles. The van der Waals surface area contributed by atoms with Crippen LogP contribution in [0.5, 0.6) is 0 Å². The van der Waals surface area contributed by atoms with Gasteiger partial charge in [-0.25, -0.2) is 14.5 Å². The van der Waals surface area contributed by atoms with Gasteiger partial charge < -0.3 is 11.5 Å². The van der Waals surface area contributed by atoms with E-state index in [9.17, 15) is 22.8 Å². The third-order valence-electron chi connectivity index (χ3n) is 5.31. The Hall–Kier alpha value is -5.18. The molecule has 0 saturated carbocycles. The summed E-state index contributed by atoms with van der Waals surface area (Å²) in [5.74, 6) is 3.29. The number of aromatic nitrogens is 5. The lowest BCUT2D eigenvalue weighted by Crippen LogP contribution is -2.24. The molecule has 192 valence electrons. The molecule has 5 rings (SSSR count). The van der Waals surface area contributed by atoms with Gasteiger partial charge in [0.05, 0.1) is 16.6 Å². The van der Waals surface area contributed by atoms with Crippen LogP contribution < -0.4 is 17.0 Å². The van der Waals surface area contributed by atoms with Crippen molar-refractivity contribution in [1.82, 2.24) is 24.1 Å². The number of aryl methyl sites for hydroxylation is 1. The quantitative estimate of drug-likeness (QED) is 0.352. The van der Waals surface area contributed by atoms with E-state index in [1.54, 1.807) is 54.9 Å². The van der Waals surface area contributed by atoms with Gasteiger partial charge in [0, 0.05) is 30.3 Å². The van der Waals surface area contributed by atoms with Gasteiger partial charge in [-0.15, -0.1) is 5.10 Å². The first-order valence-electron chi connectivity index (χ1n) is 11.2. The molecule has 0 aliphatic rings. The summed E-state index contributed by atoms with van der Waals surface area (Å²) in [5, 5.41) is 3.95. The van der Waals surface area contributed by atoms with Crippen molar-refractivity contribution in [1.29, 1.82) is 0 Å². The summed E-state index contributed by atoms with van der Waals surface area (Å²) in [6, 6.07) is 15.1. The van der Waals surface area contributed by atoms with Crippen molar-refractivity contribution in [3.8, 4) is 17.5 Å². The molecule has 0 spiro atoms. The lowest BCUT2D eigenvalue weighted by molar-refractivity contribution is -0.0696. The second-order valence-electron chi connectivity index (χ2n) is 7.82. The van der Waals surface area contributed by atoms with E-state index in [2.05, 4.69) is 21.0 Å². The molecule has 5 aromatic rings. The average molecular weight is 519 g/mol. The number of anilines is 1. The molecule has 4 N–H and O–H groups in total. The molecule has 0 bridgehead atoms. The Morgan fingerprint density at radius 2 is 1.82 bits per heavy atom. The van der Waals surface area contributed by atoms with Crippen LogP contribution in [-0.4, -0.2) is 36.2 Å². The predicted octanol–water partition coefficient (Wildman–Crippen LogP) is 3.27. The smallest absolute Gasteiger partial charge is 0.381 e. The molecule has 0 atom stereocenters. The highest BCUT2D eigenvalue weighted by Gasteiger charge is 2.23. The highest BCUT2D eigenvalue weighted by Crippen LogP contribution is 2.18. The lowest BCUT2D eigenvalue weighted by Gasteiger charge is -2.13. The number of primary amides is 1. The van der Waals surface area contributed by atoms with Gasteiger partial charge in [-0.05, 0) is 30.3 Å². The van der Waals surface area contributed by atoms with Gasteiger partial charge in [0.15, 0.2) is 11.5 Å². The molecule has 9 nitrogen and oxygen atoms in total. The van der Waals surface area contributed by atoms with E-state index in [1.165, 1.54) is 21.1 Å². The minimum absolute atomic E-state index is 0.0136. The molecule has 3 heterocycles. The number of carbonyl (C=O) groups is 1. The number of rotatable bonds is 3. The Labute approximate surface area is 213 Å². The molecule has 0 radical (unpaired) electrons. The Bertz CT molecular complexity index is 1770. The molecule has 0 aliphatic carbocycles. The van der Waals surface area contributed by atoms with Crippen molar-refractivity contribution >= 4 is 28.3 Å². The van der Waals surface area contributed by atoms with Gasteiger partial charge in [-0.1, -0.05) is 37.1 Å². The minimum Gasteiger partial charge on any atom is -0.381 e. The number of halogens is 3. The second-order valence-corrected chi connectivity index (χ2v) is 7.82. The zero-order chi connectivity index (χ0) is 27.4. The highest BCUT2D eigenvalue weighted by atomic mass is 19.4. The monoisotopic (exact) mass is 519 g/mol. The number of benzene rings is 2. The molecule has 3 aromatic heterocycles. The largest absolute Gasteiger partial charge is 0.458 e. The third-order valence-corrected chi connectivity index (χ3v) is 5.31. The van der Waals surface area contributed by atoms with Crippen LogP contribution in [0.25, 0.3) is 22.2 Å². The zero-order valence-electron chi connectivity index (χ0n) is 19.9. The SMILES string of the molecule is CCc1nc2cccc(C#CC(F)(F)F)c2c(=O)n1-c1ccccc1.NC(=O)c1c(N)nn2cccnc12. The third kappa shape index (κ3) is 5.31. The van der Waals surface area contributed by atoms with Crippen LogP contribution in [0, 0.1) is 11.8 Å². The second kappa shape index (κ2) is 10.4. The number of nitrogens with two attached hydrogens (primary N) is 2. The Morgan fingerprint density at radius 1 is 1.08 bits per heavy atom. The van der Waals surface area contributed by atoms with Gasteiger partial charge in [0.25, 0.3) is 11.5 Å². The number of amides is 1. The number of nitrogen functional groups attached to an aromatic ring is 1. The first kappa shape index (κ1) is 25.9. The number of para-hydroxylation sites is 1. The van der Waals surface area contributed by atoms with Crippen LogP contribution in [0.3, 0.4) is 0 Å². The van der Waals surface area contributed by atoms with Crippen LogP contribution in [0.2, 0.25) is 0 Å². The molecular weight excluding hydrogens is 499 g/mol. The van der Waals surface area contributed by atoms with E-state index in [1.807, 2.05) is 13.0 Å². The molecule has 12 heteroatoms. The van der Waals surface area contributed by atoms with Crippen LogP contribution >= 0.6 is 0 Å². The first-order chi connectivity index (χ1) is 18.1. The van der Waals surface area contributed by atoms with E-state index in [4.69, 9.17) is 11.5 Å². The van der Waals surface area contributed by atoms with Gasteiger partial charge in [0.1, 0.15) is 11.4 Å². The Kier molecular flexibility index (Phi) is 7.11. The summed E-state index contributed by atoms with van der Waals surface area (Å²) < 4.78 is 40.1. The molecule has 1 amide bonds. The van der Waals surface area contributed by atoms with Crippen molar-refractivity contribution in [2.45, 2.75) is 19.5 Å². The van der Waals surface area contributed by atoms with Crippen LogP contribution in [0.15, 0.2) is 71.8 Å². The van der Waals surface area contributed by atoms with Crippen molar-refractivity contribution < 1.29 is 18.0 Å². The Morgan fingerprint density at radius 3 is 2.47 bits per heavy atom. The summed E-state index contributed by atoms with van der Waals surface area (Å²) in [4.78, 5) is 32.4. The van der Waals surface area contributed by atoms with Gasteiger partial charge in [-0.2, -0.15) is 13.2 Å². The molecule has 0 unspecified atom stereocenters. The summed E-state index contributed by atoms with van der Waals surface area (Å²) in [5.41, 5.74) is 11.7. The van der Waals surface area contributed by atoms with E-state index in [0.29, 0.717) is 29.1 Å². The summed E-state index contributed by atoms with van der Waals surface area (Å²) in [7, 11) is 0. The van der Waals surface area contributed by atoms with Crippen LogP contribution in [0.4, 0.5) is 19.0 Å². The predicted molar refractivity (Wildman–Crippen MR) is 136 cm³/mol. The number of hydrogen-bond donors (Lipinski definition) is 2. The van der Waals surface area contributed by atoms with Crippen LogP contribution in [0.1, 0.15) is 28.7 Å². The minimum atomic E-state index is -4.63. The molecule has 0 saturated heterocycles. The topological polar surface area (TPSA) is 134 Å². The molecule has 38 heavy (non-hydrogen) atoms. The fraction of sp³-hybridized carbons (Fsp3) is 0.115. The number of carbonyl (C=O) groups excluding carboxylic acids is 1. The van der Waals surface area contributed by atoms with E-state index >= 15 is 0 Å². The number of alkyl halides is 3. The summed E-state index contributed by atoms with van der Waals surface area (Å²) in [6.07, 6.45) is -0.941. The standard InChI is InChI=1S/C19H13F3N2O.C7H7N5O/c1-2-16-23-15-10-6-7-13(11-12-19(20,21)22)17(15)18(25)24(16)14-8-4-3-5-9-14;8-5-4(6(9)13)7-10-2-1-3-12(7)11-5/h3-10H,2H2,1H3;1-3H,(H2,8,11)(H2,9,13). The van der Waals surface area contributed by atoms with Crippen molar-refractivity contribution in [3.05, 3.63) is 94.3 Å². The maximum atomic E-state index is 13.0. The van der Waals surface area contributed by atoms with Gasteiger partial charge in [-0.3, -0.25) is 14.2 Å². The van der Waals surface area contributed by atoms with E-state index in [0.717, 1.165) is 0 Å². The maximum absolute atomic E-state index is 13.0. The number of nitrogens with zero attached hydrogens (tertiary/aromatic N) is 5. The lowest BCUT2D eigenvalue weighted by atomic mass is 10.1. The molecule has 0 fully saturated rings. The van der Waals surface area contributed by atoms with Crippen molar-refractivity contribution in [3.63, 3.8) is 0 Å². The van der Waals surface area contributed by atoms with Gasteiger partial charge >= 0.3 is 6.18 Å². The summed E-state index contributed by atoms with van der Waals surface area (Å²) >= 11 is 0. The zero-order valence-corrected chi connectivity index (χ0v) is 19.9. The number of hydrogen-bond acceptors (Lipinski definition) is 6. The highest BCUT2D eigenvalue weighted by molar-refractivity contribution is 6.03. The van der Waals surface area contributed by atoms with E-state index in [-0.39, 0.29) is 22.3 Å². The average Bonchev–Trinajstić information content (AvgIpc) is 3.23. The van der Waals surface area contributed by atoms with Crippen molar-refractivity contribution in [2.24, 2.45) is 5.73 Å². The first-order valence-corrected chi connectivity index (χ1v) is 11.2. The Balaban J connectivity index is 0.000000216. The molecule has 0 aliphatic heterocycles. The summed E-state index contributed by atoms with van der Waals surface area (Å²) in [6.45, 7) is 1.86. The van der Waals surface area contributed by atoms with E-state index < -0.39 is 17.6 Å². The fourth-order valence-electron chi connectivity index (χ4n) is 3.74. The van der Waals surface area contributed by atoms with Gasteiger partial charge in [0.2, 0.25) is 0 Å². The van der Waals surface area contributed by atoms with Crippen LogP contribution in [-0.2, 0) is 6.42 Å². The maximum Gasteiger partial charge on any atom is 0.458 e. The number of fused-ring (bicyclic) bond motifs is 2. The normalized spacial score (nSPS) is 10.9. The molecular formula is C26H20F3N7O2. The fourth-order valence-corrected chi connectivity index (χ4v) is 3.74. The van der Waals surface area contributed by atoms with Crippen molar-refractivity contribution in [2.75, 3.05) is 5.73 Å².